The minimum Gasteiger partial charge on any atom is -0.464 e. The number of nitrogens with zero attached hydrogens (tertiary/aromatic N) is 4. The number of likely N-dealkylation sites (tertiary alicyclic amines) is 1. The minimum absolute atomic E-state index is 0.0224. The maximum Gasteiger partial charge on any atom is 0.320 e. The van der Waals surface area contributed by atoms with Crippen molar-refractivity contribution in [1.29, 1.82) is 0 Å². The summed E-state index contributed by atoms with van der Waals surface area (Å²) in [6.45, 7) is 9.56. The first-order valence-electron chi connectivity index (χ1n) is 10.6. The van der Waals surface area contributed by atoms with Crippen molar-refractivity contribution in [3.05, 3.63) is 24.5 Å². The Morgan fingerprint density at radius 2 is 1.76 bits per heavy atom. The molecule has 1 aromatic rings. The normalized spacial score (nSPS) is 18.7. The molecular weight excluding hydrogens is 370 g/mol. The lowest BCUT2D eigenvalue weighted by Crippen LogP contribution is -2.55. The van der Waals surface area contributed by atoms with Crippen LogP contribution in [-0.2, 0) is 9.53 Å². The summed E-state index contributed by atoms with van der Waals surface area (Å²) < 4.78 is 5.25. The smallest absolute Gasteiger partial charge is 0.320 e. The van der Waals surface area contributed by atoms with Crippen LogP contribution >= 0.6 is 0 Å². The molecule has 8 heteroatoms. The van der Waals surface area contributed by atoms with Gasteiger partial charge in [-0.25, -0.2) is 4.79 Å². The number of carbonyl (C=O) groups excluding carboxylic acids is 2. The third kappa shape index (κ3) is 6.59. The number of piperazine rings is 1. The summed E-state index contributed by atoms with van der Waals surface area (Å²) in [6, 6.07) is 4.20. The molecule has 29 heavy (non-hydrogen) atoms. The van der Waals surface area contributed by atoms with Crippen molar-refractivity contribution >= 4 is 17.7 Å². The van der Waals surface area contributed by atoms with E-state index in [2.05, 4.69) is 20.1 Å². The lowest BCUT2D eigenvalue weighted by Gasteiger charge is -2.37. The van der Waals surface area contributed by atoms with Crippen LogP contribution in [0.2, 0.25) is 0 Å². The van der Waals surface area contributed by atoms with Gasteiger partial charge in [-0.1, -0.05) is 13.8 Å². The fourth-order valence-electron chi connectivity index (χ4n) is 3.71. The Bertz CT molecular complexity index is 654. The van der Waals surface area contributed by atoms with Gasteiger partial charge in [0.1, 0.15) is 0 Å². The SMILES string of the molecule is CC(C)COC(=O)CN1CCC(NC(=O)N2CCN(c3ccncc3)CC2)CC1. The zero-order valence-electron chi connectivity index (χ0n) is 17.5. The number of amides is 2. The molecule has 160 valence electrons. The molecule has 0 bridgehead atoms. The third-order valence-corrected chi connectivity index (χ3v) is 5.44. The van der Waals surface area contributed by atoms with Gasteiger partial charge in [-0.15, -0.1) is 0 Å². The first kappa shape index (κ1) is 21.4. The molecule has 0 spiro atoms. The summed E-state index contributed by atoms with van der Waals surface area (Å²) in [5.74, 6) is 0.194. The molecule has 3 heterocycles. The first-order chi connectivity index (χ1) is 14.0. The van der Waals surface area contributed by atoms with Crippen LogP contribution in [0.5, 0.6) is 0 Å². The number of aromatic nitrogens is 1. The van der Waals surface area contributed by atoms with Crippen LogP contribution in [0.1, 0.15) is 26.7 Å². The van der Waals surface area contributed by atoms with Gasteiger partial charge in [0.25, 0.3) is 0 Å². The fourth-order valence-corrected chi connectivity index (χ4v) is 3.71. The van der Waals surface area contributed by atoms with Gasteiger partial charge < -0.3 is 19.9 Å². The summed E-state index contributed by atoms with van der Waals surface area (Å²) in [4.78, 5) is 34.8. The molecule has 1 N–H and O–H groups in total. The van der Waals surface area contributed by atoms with Crippen LogP contribution in [0.25, 0.3) is 0 Å². The fraction of sp³-hybridized carbons (Fsp3) is 0.667. The number of piperidine rings is 1. The van der Waals surface area contributed by atoms with Gasteiger partial charge in [-0.05, 0) is 30.9 Å². The average molecular weight is 404 g/mol. The molecule has 2 aliphatic rings. The van der Waals surface area contributed by atoms with E-state index in [0.717, 1.165) is 44.7 Å². The number of pyridine rings is 1. The molecule has 8 nitrogen and oxygen atoms in total. The number of ether oxygens (including phenoxy) is 1. The standard InChI is InChI=1S/C21H33N5O3/c1-17(2)16-29-20(27)15-24-9-5-18(6-10-24)23-21(28)26-13-11-25(12-14-26)19-3-7-22-8-4-19/h3-4,7-8,17-18H,5-6,9-16H2,1-2H3,(H,23,28). The minimum atomic E-state index is -0.159. The van der Waals surface area contributed by atoms with E-state index < -0.39 is 0 Å². The summed E-state index contributed by atoms with van der Waals surface area (Å²) in [7, 11) is 0. The highest BCUT2D eigenvalue weighted by Crippen LogP contribution is 2.16. The highest BCUT2D eigenvalue weighted by Gasteiger charge is 2.26. The average Bonchev–Trinajstić information content (AvgIpc) is 2.74. The first-order valence-corrected chi connectivity index (χ1v) is 10.6. The maximum atomic E-state index is 12.6. The van der Waals surface area contributed by atoms with Gasteiger partial charge in [-0.3, -0.25) is 14.7 Å². The van der Waals surface area contributed by atoms with Crippen LogP contribution in [0.15, 0.2) is 24.5 Å². The molecule has 2 saturated heterocycles. The molecular formula is C21H33N5O3. The molecule has 0 radical (unpaired) electrons. The molecule has 2 amide bonds. The molecule has 0 atom stereocenters. The second kappa shape index (κ2) is 10.4. The van der Waals surface area contributed by atoms with Crippen molar-refractivity contribution in [3.8, 4) is 0 Å². The number of hydrogen-bond donors (Lipinski definition) is 1. The van der Waals surface area contributed by atoms with E-state index in [0.29, 0.717) is 32.2 Å². The Kier molecular flexibility index (Phi) is 7.69. The number of anilines is 1. The van der Waals surface area contributed by atoms with Gasteiger partial charge in [-0.2, -0.15) is 0 Å². The van der Waals surface area contributed by atoms with Gasteiger partial charge in [0.05, 0.1) is 13.2 Å². The topological polar surface area (TPSA) is 78.0 Å². The number of urea groups is 1. The maximum absolute atomic E-state index is 12.6. The predicted octanol–water partition coefficient (Wildman–Crippen LogP) is 1.58. The lowest BCUT2D eigenvalue weighted by atomic mass is 10.1. The van der Waals surface area contributed by atoms with Crippen molar-refractivity contribution in [2.75, 3.05) is 57.3 Å². The molecule has 0 aromatic carbocycles. The summed E-state index contributed by atoms with van der Waals surface area (Å²) in [5.41, 5.74) is 1.15. The Morgan fingerprint density at radius 1 is 1.10 bits per heavy atom. The van der Waals surface area contributed by atoms with Gasteiger partial charge in [0.15, 0.2) is 0 Å². The summed E-state index contributed by atoms with van der Waals surface area (Å²) >= 11 is 0. The zero-order valence-corrected chi connectivity index (χ0v) is 17.5. The third-order valence-electron chi connectivity index (χ3n) is 5.44. The number of esters is 1. The van der Waals surface area contributed by atoms with Crippen molar-refractivity contribution in [3.63, 3.8) is 0 Å². The predicted molar refractivity (Wildman–Crippen MR) is 112 cm³/mol. The molecule has 0 unspecified atom stereocenters. The van der Waals surface area contributed by atoms with Crippen molar-refractivity contribution < 1.29 is 14.3 Å². The second-order valence-electron chi connectivity index (χ2n) is 8.26. The number of carbonyl (C=O) groups is 2. The Labute approximate surface area is 173 Å². The Balaban J connectivity index is 1.34. The summed E-state index contributed by atoms with van der Waals surface area (Å²) in [5, 5.41) is 3.17. The summed E-state index contributed by atoms with van der Waals surface area (Å²) in [6.07, 6.45) is 5.32. The Morgan fingerprint density at radius 3 is 2.38 bits per heavy atom. The van der Waals surface area contributed by atoms with E-state index in [1.165, 1.54) is 0 Å². The van der Waals surface area contributed by atoms with Crippen LogP contribution < -0.4 is 10.2 Å². The van der Waals surface area contributed by atoms with E-state index >= 15 is 0 Å². The highest BCUT2D eigenvalue weighted by molar-refractivity contribution is 5.75. The van der Waals surface area contributed by atoms with E-state index in [1.54, 1.807) is 12.4 Å². The molecule has 0 saturated carbocycles. The van der Waals surface area contributed by atoms with Crippen molar-refractivity contribution in [2.24, 2.45) is 5.92 Å². The van der Waals surface area contributed by atoms with Crippen LogP contribution in [-0.4, -0.2) is 85.2 Å². The van der Waals surface area contributed by atoms with Gasteiger partial charge in [0, 0.05) is 63.4 Å². The van der Waals surface area contributed by atoms with E-state index in [4.69, 9.17) is 4.74 Å². The van der Waals surface area contributed by atoms with Crippen LogP contribution in [0, 0.1) is 5.92 Å². The second-order valence-corrected chi connectivity index (χ2v) is 8.26. The number of nitrogens with one attached hydrogen (secondary N) is 1. The molecule has 2 fully saturated rings. The molecule has 3 rings (SSSR count). The van der Waals surface area contributed by atoms with Gasteiger partial charge in [0.2, 0.25) is 0 Å². The van der Waals surface area contributed by atoms with E-state index in [9.17, 15) is 9.59 Å². The lowest BCUT2D eigenvalue weighted by molar-refractivity contribution is -0.146. The zero-order chi connectivity index (χ0) is 20.6. The van der Waals surface area contributed by atoms with Gasteiger partial charge >= 0.3 is 12.0 Å². The van der Waals surface area contributed by atoms with E-state index in [-0.39, 0.29) is 18.0 Å². The van der Waals surface area contributed by atoms with E-state index in [1.807, 2.05) is 30.9 Å². The van der Waals surface area contributed by atoms with Crippen LogP contribution in [0.4, 0.5) is 10.5 Å². The Hall–Kier alpha value is -2.35. The van der Waals surface area contributed by atoms with Crippen LogP contribution in [0.3, 0.4) is 0 Å². The van der Waals surface area contributed by atoms with Crippen molar-refractivity contribution in [2.45, 2.75) is 32.7 Å². The largest absolute Gasteiger partial charge is 0.464 e. The molecule has 1 aromatic heterocycles. The number of rotatable bonds is 6. The monoisotopic (exact) mass is 403 g/mol. The quantitative estimate of drug-likeness (QED) is 0.727. The number of hydrogen-bond acceptors (Lipinski definition) is 6. The molecule has 0 aliphatic carbocycles. The molecule has 2 aliphatic heterocycles. The van der Waals surface area contributed by atoms with Crippen molar-refractivity contribution in [1.82, 2.24) is 20.1 Å². The highest BCUT2D eigenvalue weighted by atomic mass is 16.5.